The Kier molecular flexibility index (Phi) is 6.45. The number of ether oxygens (including phenoxy) is 1. The molecule has 1 saturated carbocycles. The molecule has 2 fully saturated rings. The number of benzene rings is 3. The molecule has 0 spiro atoms. The highest BCUT2D eigenvalue weighted by molar-refractivity contribution is 6.25. The number of hydrogen-bond acceptors (Lipinski definition) is 6. The van der Waals surface area contributed by atoms with Crippen LogP contribution < -0.4 is 15.4 Å². The van der Waals surface area contributed by atoms with Gasteiger partial charge in [0, 0.05) is 16.2 Å². The molecular formula is C34H34N4O3. The number of rotatable bonds is 6. The van der Waals surface area contributed by atoms with E-state index in [0.717, 1.165) is 35.4 Å². The second kappa shape index (κ2) is 9.88. The van der Waals surface area contributed by atoms with Crippen LogP contribution in [0.4, 0.5) is 11.5 Å². The van der Waals surface area contributed by atoms with Gasteiger partial charge < -0.3 is 10.5 Å². The number of imide groups is 1. The maximum absolute atomic E-state index is 14.4. The zero-order valence-electron chi connectivity index (χ0n) is 23.7. The standard InChI is InChI=1S/C34H34N4O3/c1-4-33(2)16-17-34(3,18-19-41-26-11-7-8-21-13-15-27(36)37-30(21)26)29-28(33)31(39)38(32(29)40)25-14-12-22(20-35)23-9-5-6-10-24(23)25/h5-15,28-29H,4,16-19H2,1-3H3,(H2,36,37)/t28-,29+,33-,34+/m1/s1. The zero-order chi connectivity index (χ0) is 28.9. The molecule has 1 aliphatic carbocycles. The molecule has 1 saturated heterocycles. The van der Waals surface area contributed by atoms with E-state index in [9.17, 15) is 14.9 Å². The number of nitrogens with zero attached hydrogens (tertiary/aromatic N) is 3. The minimum atomic E-state index is -0.465. The first-order chi connectivity index (χ1) is 19.7. The highest BCUT2D eigenvalue weighted by Gasteiger charge is 2.63. The normalized spacial score (nSPS) is 25.9. The number of nitriles is 1. The lowest BCUT2D eigenvalue weighted by atomic mass is 9.52. The largest absolute Gasteiger partial charge is 0.491 e. The number of anilines is 2. The van der Waals surface area contributed by atoms with Gasteiger partial charge in [-0.3, -0.25) is 9.59 Å². The number of amides is 2. The molecule has 1 aromatic heterocycles. The van der Waals surface area contributed by atoms with E-state index in [1.165, 1.54) is 4.90 Å². The van der Waals surface area contributed by atoms with Crippen molar-refractivity contribution in [2.75, 3.05) is 17.2 Å². The Balaban J connectivity index is 1.34. The van der Waals surface area contributed by atoms with Crippen LogP contribution in [0, 0.1) is 34.0 Å². The van der Waals surface area contributed by atoms with Gasteiger partial charge in [-0.2, -0.15) is 5.26 Å². The predicted molar refractivity (Wildman–Crippen MR) is 160 cm³/mol. The van der Waals surface area contributed by atoms with Crippen molar-refractivity contribution in [3.8, 4) is 11.8 Å². The molecule has 3 aromatic carbocycles. The van der Waals surface area contributed by atoms with Gasteiger partial charge in [-0.1, -0.05) is 57.2 Å². The van der Waals surface area contributed by atoms with Crippen LogP contribution in [0.15, 0.2) is 66.7 Å². The summed E-state index contributed by atoms with van der Waals surface area (Å²) in [4.78, 5) is 34.5. The van der Waals surface area contributed by atoms with Crippen LogP contribution in [0.1, 0.15) is 52.0 Å². The first kappa shape index (κ1) is 26.8. The Bertz CT molecular complexity index is 1740. The van der Waals surface area contributed by atoms with Gasteiger partial charge >= 0.3 is 0 Å². The Morgan fingerprint density at radius 3 is 2.39 bits per heavy atom. The van der Waals surface area contributed by atoms with Crippen LogP contribution in [0.3, 0.4) is 0 Å². The van der Waals surface area contributed by atoms with Crippen molar-refractivity contribution in [3.05, 3.63) is 72.3 Å². The van der Waals surface area contributed by atoms with E-state index in [4.69, 9.17) is 10.5 Å². The fourth-order valence-corrected chi connectivity index (χ4v) is 7.09. The Labute approximate surface area is 239 Å². The molecule has 2 heterocycles. The minimum Gasteiger partial charge on any atom is -0.491 e. The van der Waals surface area contributed by atoms with Crippen molar-refractivity contribution in [1.82, 2.24) is 4.98 Å². The molecule has 0 bridgehead atoms. The van der Waals surface area contributed by atoms with E-state index in [-0.39, 0.29) is 17.2 Å². The van der Waals surface area contributed by atoms with Gasteiger partial charge in [0.15, 0.2) is 0 Å². The van der Waals surface area contributed by atoms with Gasteiger partial charge in [0.25, 0.3) is 0 Å². The van der Waals surface area contributed by atoms with Gasteiger partial charge in [-0.25, -0.2) is 9.88 Å². The zero-order valence-corrected chi connectivity index (χ0v) is 23.7. The van der Waals surface area contributed by atoms with E-state index < -0.39 is 17.3 Å². The molecule has 6 rings (SSSR count). The molecule has 2 amide bonds. The van der Waals surface area contributed by atoms with Crippen LogP contribution in [0.5, 0.6) is 5.75 Å². The smallest absolute Gasteiger partial charge is 0.238 e. The highest BCUT2D eigenvalue weighted by Crippen LogP contribution is 2.59. The predicted octanol–water partition coefficient (Wildman–Crippen LogP) is 6.63. The Hall–Kier alpha value is -4.44. The summed E-state index contributed by atoms with van der Waals surface area (Å²) in [5.41, 5.74) is 7.01. The van der Waals surface area contributed by atoms with Crippen molar-refractivity contribution >= 4 is 45.0 Å². The number of carbonyl (C=O) groups excluding carboxylic acids is 2. The summed E-state index contributed by atoms with van der Waals surface area (Å²) < 4.78 is 6.27. The first-order valence-electron chi connectivity index (χ1n) is 14.3. The third-order valence-corrected chi connectivity index (χ3v) is 9.78. The summed E-state index contributed by atoms with van der Waals surface area (Å²) in [5.74, 6) is -0.0973. The van der Waals surface area contributed by atoms with Crippen molar-refractivity contribution in [3.63, 3.8) is 0 Å². The van der Waals surface area contributed by atoms with Crippen molar-refractivity contribution in [2.45, 2.75) is 46.5 Å². The molecule has 7 heteroatoms. The van der Waals surface area contributed by atoms with Gasteiger partial charge in [0.1, 0.15) is 17.1 Å². The number of nitrogen functional groups attached to an aromatic ring is 1. The number of para-hydroxylation sites is 1. The van der Waals surface area contributed by atoms with Crippen LogP contribution in [0.25, 0.3) is 21.7 Å². The fourth-order valence-electron chi connectivity index (χ4n) is 7.09. The maximum Gasteiger partial charge on any atom is 0.238 e. The van der Waals surface area contributed by atoms with Crippen molar-refractivity contribution < 1.29 is 14.3 Å². The molecule has 4 atom stereocenters. The van der Waals surface area contributed by atoms with E-state index in [1.807, 2.05) is 48.5 Å². The Morgan fingerprint density at radius 2 is 1.66 bits per heavy atom. The second-order valence-corrected chi connectivity index (χ2v) is 12.1. The van der Waals surface area contributed by atoms with Gasteiger partial charge in [0.05, 0.1) is 35.8 Å². The fraction of sp³-hybridized carbons (Fsp3) is 0.353. The minimum absolute atomic E-state index is 0.139. The van der Waals surface area contributed by atoms with Gasteiger partial charge in [-0.15, -0.1) is 0 Å². The van der Waals surface area contributed by atoms with Crippen molar-refractivity contribution in [1.29, 1.82) is 5.26 Å². The van der Waals surface area contributed by atoms with E-state index >= 15 is 0 Å². The number of aromatic nitrogens is 1. The Morgan fingerprint density at radius 1 is 0.951 bits per heavy atom. The second-order valence-electron chi connectivity index (χ2n) is 12.1. The van der Waals surface area contributed by atoms with E-state index in [1.54, 1.807) is 18.2 Å². The topological polar surface area (TPSA) is 109 Å². The van der Waals surface area contributed by atoms with Gasteiger partial charge in [-0.05, 0) is 66.8 Å². The maximum atomic E-state index is 14.4. The molecule has 1 aliphatic heterocycles. The average Bonchev–Trinajstić information content (AvgIpc) is 3.26. The van der Waals surface area contributed by atoms with Gasteiger partial charge in [0.2, 0.25) is 11.8 Å². The van der Waals surface area contributed by atoms with Crippen molar-refractivity contribution in [2.24, 2.45) is 22.7 Å². The third-order valence-electron chi connectivity index (χ3n) is 9.78. The van der Waals surface area contributed by atoms with E-state index in [0.29, 0.717) is 41.4 Å². The molecule has 208 valence electrons. The summed E-state index contributed by atoms with van der Waals surface area (Å²) in [6, 6.07) is 22.6. The quantitative estimate of drug-likeness (QED) is 0.272. The van der Waals surface area contributed by atoms with Crippen LogP contribution >= 0.6 is 0 Å². The number of pyridine rings is 1. The SMILES string of the molecule is CC[C@]1(C)CC[C@@](C)(CCOc2cccc3ccc(N)nc23)[C@@H]2C(=O)N(c3ccc(C#N)c4ccccc34)C(=O)[C@@H]21. The molecule has 0 unspecified atom stereocenters. The molecule has 41 heavy (non-hydrogen) atoms. The summed E-state index contributed by atoms with van der Waals surface area (Å²) >= 11 is 0. The lowest BCUT2D eigenvalue weighted by molar-refractivity contribution is -0.136. The first-order valence-corrected chi connectivity index (χ1v) is 14.3. The molecular weight excluding hydrogens is 512 g/mol. The number of hydrogen-bond donors (Lipinski definition) is 1. The monoisotopic (exact) mass is 546 g/mol. The molecule has 2 N–H and O–H groups in total. The third kappa shape index (κ3) is 4.21. The summed E-state index contributed by atoms with van der Waals surface area (Å²) in [6.07, 6.45) is 3.11. The lowest BCUT2D eigenvalue weighted by Crippen LogP contribution is -2.48. The average molecular weight is 547 g/mol. The van der Waals surface area contributed by atoms with E-state index in [2.05, 4.69) is 31.8 Å². The van der Waals surface area contributed by atoms with Crippen LogP contribution in [-0.2, 0) is 9.59 Å². The number of nitrogens with two attached hydrogens (primary N) is 1. The van der Waals surface area contributed by atoms with Crippen LogP contribution in [0.2, 0.25) is 0 Å². The highest BCUT2D eigenvalue weighted by atomic mass is 16.5. The summed E-state index contributed by atoms with van der Waals surface area (Å²) in [7, 11) is 0. The summed E-state index contributed by atoms with van der Waals surface area (Å²) in [5, 5.41) is 12.1. The van der Waals surface area contributed by atoms with Crippen LogP contribution in [-0.4, -0.2) is 23.4 Å². The molecule has 7 nitrogen and oxygen atoms in total. The molecule has 4 aromatic rings. The molecule has 0 radical (unpaired) electrons. The number of fused-ring (bicyclic) bond motifs is 3. The molecule has 2 aliphatic rings. The summed E-state index contributed by atoms with van der Waals surface area (Å²) in [6.45, 7) is 6.78. The number of carbonyl (C=O) groups is 2. The lowest BCUT2D eigenvalue weighted by Gasteiger charge is -2.49.